The minimum atomic E-state index is -0.147. The average Bonchev–Trinajstić information content (AvgIpc) is 3.40. The average molecular weight is 430 g/mol. The zero-order valence-electron chi connectivity index (χ0n) is 17.2. The van der Waals surface area contributed by atoms with Gasteiger partial charge < -0.3 is 14.7 Å². The smallest absolute Gasteiger partial charge is 0.228 e. The molecule has 1 aromatic carbocycles. The van der Waals surface area contributed by atoms with Crippen LogP contribution in [0.15, 0.2) is 40.4 Å². The summed E-state index contributed by atoms with van der Waals surface area (Å²) in [7, 11) is 0. The molecule has 0 aromatic heterocycles. The molecule has 0 bridgehead atoms. The number of amides is 1. The van der Waals surface area contributed by atoms with Gasteiger partial charge in [-0.25, -0.2) is 4.39 Å². The number of thioether (sulfide) groups is 1. The van der Waals surface area contributed by atoms with Gasteiger partial charge in [0.2, 0.25) is 5.91 Å². The lowest BCUT2D eigenvalue weighted by atomic mass is 10.0. The summed E-state index contributed by atoms with van der Waals surface area (Å²) in [5.74, 6) is 0.0793. The SMILES string of the molecule is O=C(CC1=CSC2=NCCN12)N1CCCC(N2CCN(c3ccccc3F)CC2)C1. The van der Waals surface area contributed by atoms with Crippen LogP contribution in [-0.4, -0.2) is 84.2 Å². The van der Waals surface area contributed by atoms with Crippen LogP contribution in [0.2, 0.25) is 0 Å². The lowest BCUT2D eigenvalue weighted by Gasteiger charge is -2.44. The van der Waals surface area contributed by atoms with Crippen molar-refractivity contribution >= 4 is 28.5 Å². The third-order valence-electron chi connectivity index (χ3n) is 6.55. The number of amidine groups is 1. The number of piperidine rings is 1. The highest BCUT2D eigenvalue weighted by atomic mass is 32.2. The van der Waals surface area contributed by atoms with E-state index in [0.717, 1.165) is 76.1 Å². The Bertz CT molecular complexity index is 867. The standard InChI is InChI=1S/C22H28FN5OS/c23-19-5-1-2-6-20(19)26-12-10-25(11-13-26)17-4-3-8-27(15-17)21(29)14-18-16-30-22-24-7-9-28(18)22/h1-2,5-6,16-17H,3-4,7-15H2. The maximum Gasteiger partial charge on any atom is 0.228 e. The molecule has 30 heavy (non-hydrogen) atoms. The van der Waals surface area contributed by atoms with Crippen molar-refractivity contribution in [1.29, 1.82) is 0 Å². The number of halogens is 1. The van der Waals surface area contributed by atoms with Crippen LogP contribution < -0.4 is 4.90 Å². The summed E-state index contributed by atoms with van der Waals surface area (Å²) in [6.45, 7) is 6.87. The van der Waals surface area contributed by atoms with Crippen molar-refractivity contribution in [2.75, 3.05) is 57.3 Å². The van der Waals surface area contributed by atoms with Gasteiger partial charge in [-0.15, -0.1) is 0 Å². The van der Waals surface area contributed by atoms with Gasteiger partial charge in [0.05, 0.1) is 18.7 Å². The summed E-state index contributed by atoms with van der Waals surface area (Å²) in [6.07, 6.45) is 2.65. The van der Waals surface area contributed by atoms with Crippen molar-refractivity contribution in [3.8, 4) is 0 Å². The summed E-state index contributed by atoms with van der Waals surface area (Å²) in [5, 5.41) is 3.13. The molecule has 160 valence electrons. The van der Waals surface area contributed by atoms with Crippen molar-refractivity contribution in [2.24, 2.45) is 4.99 Å². The van der Waals surface area contributed by atoms with Gasteiger partial charge in [-0.3, -0.25) is 14.7 Å². The van der Waals surface area contributed by atoms with Crippen LogP contribution in [0.5, 0.6) is 0 Å². The van der Waals surface area contributed by atoms with Crippen LogP contribution >= 0.6 is 11.8 Å². The van der Waals surface area contributed by atoms with E-state index in [9.17, 15) is 9.18 Å². The first-order valence-electron chi connectivity index (χ1n) is 10.9. The first kappa shape index (κ1) is 19.9. The number of rotatable bonds is 4. The molecule has 8 heteroatoms. The number of likely N-dealkylation sites (tertiary alicyclic amines) is 1. The molecule has 0 radical (unpaired) electrons. The molecule has 2 fully saturated rings. The van der Waals surface area contributed by atoms with Crippen molar-refractivity contribution < 1.29 is 9.18 Å². The fraction of sp³-hybridized carbons (Fsp3) is 0.545. The molecule has 1 amide bonds. The van der Waals surface area contributed by atoms with Gasteiger partial charge in [0.25, 0.3) is 0 Å². The number of aliphatic imine (C=N–C) groups is 1. The van der Waals surface area contributed by atoms with Gasteiger partial charge in [-0.2, -0.15) is 0 Å². The Balaban J connectivity index is 1.15. The van der Waals surface area contributed by atoms with Crippen LogP contribution in [0.3, 0.4) is 0 Å². The van der Waals surface area contributed by atoms with E-state index in [1.807, 2.05) is 17.0 Å². The number of hydrogen-bond acceptors (Lipinski definition) is 6. The van der Waals surface area contributed by atoms with Crippen molar-refractivity contribution in [3.63, 3.8) is 0 Å². The number of piperazine rings is 1. The number of benzene rings is 1. The normalized spacial score (nSPS) is 24.7. The van der Waals surface area contributed by atoms with E-state index in [4.69, 9.17) is 0 Å². The van der Waals surface area contributed by atoms with Gasteiger partial charge in [0.1, 0.15) is 5.82 Å². The van der Waals surface area contributed by atoms with E-state index in [2.05, 4.69) is 25.1 Å². The van der Waals surface area contributed by atoms with Gasteiger partial charge in [-0.1, -0.05) is 23.9 Å². The first-order valence-corrected chi connectivity index (χ1v) is 11.8. The molecule has 6 nitrogen and oxygen atoms in total. The zero-order chi connectivity index (χ0) is 20.5. The van der Waals surface area contributed by atoms with Gasteiger partial charge >= 0.3 is 0 Å². The van der Waals surface area contributed by atoms with Crippen LogP contribution in [0.4, 0.5) is 10.1 Å². The highest BCUT2D eigenvalue weighted by molar-refractivity contribution is 8.16. The fourth-order valence-corrected chi connectivity index (χ4v) is 5.85. The highest BCUT2D eigenvalue weighted by Gasteiger charge is 2.33. The predicted molar refractivity (Wildman–Crippen MR) is 119 cm³/mol. The molecule has 0 aliphatic carbocycles. The maximum absolute atomic E-state index is 14.1. The second-order valence-electron chi connectivity index (χ2n) is 8.33. The number of fused-ring (bicyclic) bond motifs is 1. The number of hydrogen-bond donors (Lipinski definition) is 0. The highest BCUT2D eigenvalue weighted by Crippen LogP contribution is 2.31. The Morgan fingerprint density at radius 3 is 2.80 bits per heavy atom. The lowest BCUT2D eigenvalue weighted by Crippen LogP contribution is -2.56. The van der Waals surface area contributed by atoms with E-state index in [0.29, 0.717) is 18.2 Å². The van der Waals surface area contributed by atoms with Gasteiger partial charge in [-0.05, 0) is 30.4 Å². The molecule has 2 saturated heterocycles. The van der Waals surface area contributed by atoms with Crippen molar-refractivity contribution in [3.05, 3.63) is 41.2 Å². The number of carbonyl (C=O) groups excluding carboxylic acids is 1. The first-order chi connectivity index (χ1) is 14.7. The van der Waals surface area contributed by atoms with E-state index < -0.39 is 0 Å². The molecule has 0 N–H and O–H groups in total. The van der Waals surface area contributed by atoms with Crippen molar-refractivity contribution in [1.82, 2.24) is 14.7 Å². The Labute approximate surface area is 181 Å². The largest absolute Gasteiger partial charge is 0.367 e. The fourth-order valence-electron chi connectivity index (χ4n) is 4.90. The molecular weight excluding hydrogens is 401 g/mol. The number of carbonyl (C=O) groups is 1. The summed E-state index contributed by atoms with van der Waals surface area (Å²) in [6, 6.07) is 7.42. The quantitative estimate of drug-likeness (QED) is 0.736. The van der Waals surface area contributed by atoms with Crippen LogP contribution in [-0.2, 0) is 4.79 Å². The van der Waals surface area contributed by atoms with E-state index in [1.165, 1.54) is 6.07 Å². The third-order valence-corrected chi connectivity index (χ3v) is 7.50. The molecule has 1 atom stereocenters. The van der Waals surface area contributed by atoms with Gasteiger partial charge in [0, 0.05) is 57.6 Å². The maximum atomic E-state index is 14.1. The van der Waals surface area contributed by atoms with Crippen LogP contribution in [0, 0.1) is 5.82 Å². The molecule has 4 heterocycles. The monoisotopic (exact) mass is 429 g/mol. The second kappa shape index (κ2) is 8.59. The van der Waals surface area contributed by atoms with Crippen molar-refractivity contribution in [2.45, 2.75) is 25.3 Å². The zero-order valence-corrected chi connectivity index (χ0v) is 18.0. The summed E-state index contributed by atoms with van der Waals surface area (Å²) >= 11 is 1.64. The van der Waals surface area contributed by atoms with E-state index in [1.54, 1.807) is 17.8 Å². The minimum Gasteiger partial charge on any atom is -0.367 e. The number of nitrogens with zero attached hydrogens (tertiary/aromatic N) is 5. The summed E-state index contributed by atoms with van der Waals surface area (Å²) in [4.78, 5) is 26.3. The number of anilines is 1. The minimum absolute atomic E-state index is 0.147. The Morgan fingerprint density at radius 1 is 1.13 bits per heavy atom. The molecule has 4 aliphatic rings. The van der Waals surface area contributed by atoms with Gasteiger partial charge in [0.15, 0.2) is 5.17 Å². The molecule has 4 aliphatic heterocycles. The lowest BCUT2D eigenvalue weighted by molar-refractivity contribution is -0.132. The summed E-state index contributed by atoms with van der Waals surface area (Å²) in [5.41, 5.74) is 1.80. The Kier molecular flexibility index (Phi) is 5.69. The Hall–Kier alpha value is -2.06. The molecular formula is C22H28FN5OS. The van der Waals surface area contributed by atoms with E-state index in [-0.39, 0.29) is 11.7 Å². The molecule has 1 aromatic rings. The topological polar surface area (TPSA) is 42.4 Å². The predicted octanol–water partition coefficient (Wildman–Crippen LogP) is 2.59. The molecule has 0 spiro atoms. The molecule has 5 rings (SSSR count). The molecule has 0 saturated carbocycles. The summed E-state index contributed by atoms with van der Waals surface area (Å²) < 4.78 is 14.1. The third kappa shape index (κ3) is 3.95. The van der Waals surface area contributed by atoms with E-state index >= 15 is 0 Å². The second-order valence-corrected chi connectivity index (χ2v) is 9.17. The Morgan fingerprint density at radius 2 is 1.97 bits per heavy atom. The number of para-hydroxylation sites is 1. The van der Waals surface area contributed by atoms with Crippen LogP contribution in [0.1, 0.15) is 19.3 Å². The van der Waals surface area contributed by atoms with Crippen LogP contribution in [0.25, 0.3) is 0 Å². The molecule has 1 unspecified atom stereocenters.